The van der Waals surface area contributed by atoms with Crippen molar-refractivity contribution in [3.05, 3.63) is 53.2 Å². The van der Waals surface area contributed by atoms with E-state index in [0.717, 1.165) is 28.0 Å². The van der Waals surface area contributed by atoms with Crippen molar-refractivity contribution in [2.24, 2.45) is 0 Å². The highest BCUT2D eigenvalue weighted by molar-refractivity contribution is 6.00. The minimum absolute atomic E-state index is 0.0708. The monoisotopic (exact) mass is 325 g/mol. The summed E-state index contributed by atoms with van der Waals surface area (Å²) in [4.78, 5) is 31.5. The number of aromatic amines is 1. The average molecular weight is 325 g/mol. The number of carbonyl (C=O) groups excluding carboxylic acids is 2. The Morgan fingerprint density at radius 1 is 1.33 bits per heavy atom. The number of ether oxygens (including phenoxy) is 1. The third kappa shape index (κ3) is 2.71. The molecule has 1 aromatic carbocycles. The van der Waals surface area contributed by atoms with Crippen LogP contribution in [0.3, 0.4) is 0 Å². The fourth-order valence-corrected chi connectivity index (χ4v) is 2.97. The van der Waals surface area contributed by atoms with Gasteiger partial charge in [0.05, 0.1) is 17.7 Å². The van der Waals surface area contributed by atoms with Gasteiger partial charge in [0.25, 0.3) is 0 Å². The Kier molecular flexibility index (Phi) is 4.20. The number of benzene rings is 1. The summed E-state index contributed by atoms with van der Waals surface area (Å²) in [7, 11) is 0. The Labute approximate surface area is 139 Å². The van der Waals surface area contributed by atoms with Gasteiger partial charge in [0.2, 0.25) is 5.91 Å². The van der Waals surface area contributed by atoms with Gasteiger partial charge in [0, 0.05) is 36.8 Å². The second-order valence-electron chi connectivity index (χ2n) is 5.59. The summed E-state index contributed by atoms with van der Waals surface area (Å²) in [6.45, 7) is 5.59. The topological polar surface area (TPSA) is 77.0 Å². The summed E-state index contributed by atoms with van der Waals surface area (Å²) >= 11 is 0. The molecule has 6 nitrogen and oxygen atoms in total. The SMILES string of the molecule is CCOC(=O)c1ccc2c(c1)c(C)c(Cc1ncc[nH]1)n2C(C)=O. The quantitative estimate of drug-likeness (QED) is 0.748. The Hall–Kier alpha value is -2.89. The lowest BCUT2D eigenvalue weighted by Gasteiger charge is -2.06. The Morgan fingerprint density at radius 3 is 2.75 bits per heavy atom. The van der Waals surface area contributed by atoms with Crippen molar-refractivity contribution in [1.29, 1.82) is 0 Å². The van der Waals surface area contributed by atoms with Crippen LogP contribution in [0.2, 0.25) is 0 Å². The van der Waals surface area contributed by atoms with Crippen LogP contribution in [0.4, 0.5) is 0 Å². The molecule has 0 aliphatic carbocycles. The van der Waals surface area contributed by atoms with E-state index in [1.807, 2.05) is 6.92 Å². The van der Waals surface area contributed by atoms with Crippen molar-refractivity contribution in [1.82, 2.24) is 14.5 Å². The molecule has 0 spiro atoms. The van der Waals surface area contributed by atoms with Crippen molar-refractivity contribution < 1.29 is 14.3 Å². The maximum Gasteiger partial charge on any atom is 0.338 e. The fourth-order valence-electron chi connectivity index (χ4n) is 2.97. The first kappa shape index (κ1) is 16.0. The van der Waals surface area contributed by atoms with Crippen molar-refractivity contribution in [3.8, 4) is 0 Å². The van der Waals surface area contributed by atoms with Crippen LogP contribution in [-0.2, 0) is 11.2 Å². The van der Waals surface area contributed by atoms with E-state index in [0.29, 0.717) is 18.6 Å². The Bertz CT molecular complexity index is 907. The van der Waals surface area contributed by atoms with Crippen LogP contribution in [0.5, 0.6) is 0 Å². The van der Waals surface area contributed by atoms with Gasteiger partial charge in [0.1, 0.15) is 5.82 Å². The van der Waals surface area contributed by atoms with Crippen molar-refractivity contribution in [3.63, 3.8) is 0 Å². The molecule has 6 heteroatoms. The van der Waals surface area contributed by atoms with E-state index in [1.165, 1.54) is 6.92 Å². The lowest BCUT2D eigenvalue weighted by Crippen LogP contribution is -2.11. The third-order valence-corrected chi connectivity index (χ3v) is 4.06. The molecule has 0 fully saturated rings. The van der Waals surface area contributed by atoms with Crippen LogP contribution in [-0.4, -0.2) is 33.0 Å². The molecular formula is C18H19N3O3. The van der Waals surface area contributed by atoms with Crippen LogP contribution >= 0.6 is 0 Å². The predicted molar refractivity (Wildman–Crippen MR) is 90.3 cm³/mol. The van der Waals surface area contributed by atoms with Gasteiger partial charge in [-0.05, 0) is 37.6 Å². The molecule has 0 radical (unpaired) electrons. The number of hydrogen-bond donors (Lipinski definition) is 1. The highest BCUT2D eigenvalue weighted by Gasteiger charge is 2.19. The summed E-state index contributed by atoms with van der Waals surface area (Å²) in [5.74, 6) is 0.356. The molecular weight excluding hydrogens is 306 g/mol. The predicted octanol–water partition coefficient (Wildman–Crippen LogP) is 3.10. The number of imidazole rings is 1. The molecule has 2 heterocycles. The molecule has 2 aromatic heterocycles. The molecule has 0 bridgehead atoms. The molecule has 0 aliphatic rings. The smallest absolute Gasteiger partial charge is 0.338 e. The number of nitrogens with one attached hydrogen (secondary N) is 1. The molecule has 3 aromatic rings. The van der Waals surface area contributed by atoms with Crippen molar-refractivity contribution >= 4 is 22.8 Å². The molecule has 0 unspecified atom stereocenters. The Balaban J connectivity index is 2.16. The van der Waals surface area contributed by atoms with Gasteiger partial charge in [-0.15, -0.1) is 0 Å². The average Bonchev–Trinajstić information content (AvgIpc) is 3.15. The minimum atomic E-state index is -0.359. The first-order valence-electron chi connectivity index (χ1n) is 7.83. The first-order valence-corrected chi connectivity index (χ1v) is 7.83. The number of nitrogens with zero attached hydrogens (tertiary/aromatic N) is 2. The second kappa shape index (κ2) is 6.31. The molecule has 0 aliphatic heterocycles. The van der Waals surface area contributed by atoms with Crippen LogP contribution in [0.25, 0.3) is 10.9 Å². The Morgan fingerprint density at radius 2 is 2.12 bits per heavy atom. The van der Waals surface area contributed by atoms with Crippen molar-refractivity contribution in [2.75, 3.05) is 6.61 Å². The number of rotatable bonds is 4. The summed E-state index contributed by atoms with van der Waals surface area (Å²) in [5.41, 5.74) is 3.10. The summed E-state index contributed by atoms with van der Waals surface area (Å²) in [6.07, 6.45) is 3.95. The first-order chi connectivity index (χ1) is 11.5. The summed E-state index contributed by atoms with van der Waals surface area (Å²) in [6, 6.07) is 5.27. The number of aryl methyl sites for hydroxylation is 1. The van der Waals surface area contributed by atoms with E-state index in [4.69, 9.17) is 4.74 Å². The fraction of sp³-hybridized carbons (Fsp3) is 0.278. The van der Waals surface area contributed by atoms with E-state index in [9.17, 15) is 9.59 Å². The van der Waals surface area contributed by atoms with Gasteiger partial charge in [-0.1, -0.05) is 0 Å². The van der Waals surface area contributed by atoms with Crippen LogP contribution in [0.15, 0.2) is 30.6 Å². The van der Waals surface area contributed by atoms with E-state index in [2.05, 4.69) is 9.97 Å². The van der Waals surface area contributed by atoms with Gasteiger partial charge in [-0.25, -0.2) is 9.78 Å². The molecule has 0 saturated carbocycles. The number of aromatic nitrogens is 3. The van der Waals surface area contributed by atoms with E-state index < -0.39 is 0 Å². The number of H-pyrrole nitrogens is 1. The van der Waals surface area contributed by atoms with Crippen molar-refractivity contribution in [2.45, 2.75) is 27.2 Å². The number of carbonyl (C=O) groups is 2. The molecule has 0 amide bonds. The second-order valence-corrected chi connectivity index (χ2v) is 5.59. The zero-order valence-electron chi connectivity index (χ0n) is 13.9. The summed E-state index contributed by atoms with van der Waals surface area (Å²) in [5, 5.41) is 0.873. The zero-order valence-corrected chi connectivity index (χ0v) is 13.9. The summed E-state index contributed by atoms with van der Waals surface area (Å²) < 4.78 is 6.74. The highest BCUT2D eigenvalue weighted by Crippen LogP contribution is 2.28. The molecule has 0 saturated heterocycles. The molecule has 24 heavy (non-hydrogen) atoms. The molecule has 1 N–H and O–H groups in total. The van der Waals surface area contributed by atoms with Crippen LogP contribution < -0.4 is 0 Å². The van der Waals surface area contributed by atoms with E-state index in [1.54, 1.807) is 42.1 Å². The normalized spacial score (nSPS) is 11.0. The van der Waals surface area contributed by atoms with Gasteiger partial charge >= 0.3 is 5.97 Å². The van der Waals surface area contributed by atoms with Crippen LogP contribution in [0.1, 0.15) is 46.1 Å². The van der Waals surface area contributed by atoms with Gasteiger partial charge in [0.15, 0.2) is 0 Å². The van der Waals surface area contributed by atoms with Crippen LogP contribution in [0, 0.1) is 6.92 Å². The largest absolute Gasteiger partial charge is 0.462 e. The minimum Gasteiger partial charge on any atom is -0.462 e. The highest BCUT2D eigenvalue weighted by atomic mass is 16.5. The number of fused-ring (bicyclic) bond motifs is 1. The standard InChI is InChI=1S/C18H19N3O3/c1-4-24-18(23)13-5-6-15-14(9-13)11(2)16(21(15)12(3)22)10-17-19-7-8-20-17/h5-9H,4,10H2,1-3H3,(H,19,20). The maximum atomic E-state index is 12.2. The van der Waals surface area contributed by atoms with Gasteiger partial charge in [-0.2, -0.15) is 0 Å². The molecule has 3 rings (SSSR count). The molecule has 124 valence electrons. The number of hydrogen-bond acceptors (Lipinski definition) is 4. The maximum absolute atomic E-state index is 12.2. The van der Waals surface area contributed by atoms with E-state index in [-0.39, 0.29) is 11.9 Å². The number of esters is 1. The molecule has 0 atom stereocenters. The van der Waals surface area contributed by atoms with E-state index >= 15 is 0 Å². The van der Waals surface area contributed by atoms with Gasteiger partial charge < -0.3 is 9.72 Å². The zero-order chi connectivity index (χ0) is 17.3. The lowest BCUT2D eigenvalue weighted by atomic mass is 10.1. The third-order valence-electron chi connectivity index (χ3n) is 4.06. The lowest BCUT2D eigenvalue weighted by molar-refractivity contribution is 0.0526. The van der Waals surface area contributed by atoms with Gasteiger partial charge in [-0.3, -0.25) is 9.36 Å².